The molecular weight excluding hydrogens is 191 g/mol. The van der Waals surface area contributed by atoms with E-state index >= 15 is 0 Å². The Morgan fingerprint density at radius 1 is 1.07 bits per heavy atom. The van der Waals surface area contributed by atoms with Crippen LogP contribution in [0.4, 0.5) is 13.2 Å². The van der Waals surface area contributed by atoms with Crippen molar-refractivity contribution in [1.82, 2.24) is 5.32 Å². The molecule has 1 unspecified atom stereocenters. The predicted molar refractivity (Wildman–Crippen MR) is 52.3 cm³/mol. The molecule has 1 atom stereocenters. The summed E-state index contributed by atoms with van der Waals surface area (Å²) in [5.74, 6) is 0. The van der Waals surface area contributed by atoms with Crippen LogP contribution in [0, 0.1) is 0 Å². The van der Waals surface area contributed by atoms with E-state index in [2.05, 4.69) is 5.32 Å². The summed E-state index contributed by atoms with van der Waals surface area (Å²) >= 11 is 0. The molecule has 0 saturated heterocycles. The standard InChI is InChI=1S/C10H20F3N/c1-3-5-9(14-8-4-2)6-7-10(11,12)13/h9,14H,3-8H2,1-2H3. The van der Waals surface area contributed by atoms with Gasteiger partial charge in [-0.15, -0.1) is 0 Å². The third-order valence-electron chi connectivity index (χ3n) is 2.10. The largest absolute Gasteiger partial charge is 0.389 e. The van der Waals surface area contributed by atoms with Crippen molar-refractivity contribution in [1.29, 1.82) is 0 Å². The van der Waals surface area contributed by atoms with E-state index in [1.54, 1.807) is 0 Å². The lowest BCUT2D eigenvalue weighted by molar-refractivity contribution is -0.136. The van der Waals surface area contributed by atoms with Crippen LogP contribution in [0.2, 0.25) is 0 Å². The fraction of sp³-hybridized carbons (Fsp3) is 1.00. The van der Waals surface area contributed by atoms with E-state index in [9.17, 15) is 13.2 Å². The molecule has 0 fully saturated rings. The second-order valence-electron chi connectivity index (χ2n) is 3.59. The van der Waals surface area contributed by atoms with Gasteiger partial charge in [0.25, 0.3) is 0 Å². The second kappa shape index (κ2) is 7.10. The van der Waals surface area contributed by atoms with Crippen LogP contribution in [-0.4, -0.2) is 18.8 Å². The van der Waals surface area contributed by atoms with Crippen molar-refractivity contribution >= 4 is 0 Å². The van der Waals surface area contributed by atoms with Gasteiger partial charge in [0.2, 0.25) is 0 Å². The van der Waals surface area contributed by atoms with Crippen LogP contribution in [0.25, 0.3) is 0 Å². The first kappa shape index (κ1) is 13.8. The topological polar surface area (TPSA) is 12.0 Å². The van der Waals surface area contributed by atoms with Gasteiger partial charge in [-0.2, -0.15) is 13.2 Å². The Morgan fingerprint density at radius 2 is 1.71 bits per heavy atom. The van der Waals surface area contributed by atoms with Gasteiger partial charge in [-0.05, 0) is 25.8 Å². The highest BCUT2D eigenvalue weighted by molar-refractivity contribution is 4.68. The van der Waals surface area contributed by atoms with Crippen molar-refractivity contribution in [2.75, 3.05) is 6.54 Å². The number of hydrogen-bond donors (Lipinski definition) is 1. The predicted octanol–water partition coefficient (Wildman–Crippen LogP) is 3.50. The molecule has 0 saturated carbocycles. The van der Waals surface area contributed by atoms with Crippen molar-refractivity contribution < 1.29 is 13.2 Å². The molecule has 1 N–H and O–H groups in total. The summed E-state index contributed by atoms with van der Waals surface area (Å²) < 4.78 is 35.9. The maximum absolute atomic E-state index is 12.0. The molecule has 0 aliphatic carbocycles. The molecule has 0 heterocycles. The van der Waals surface area contributed by atoms with E-state index in [4.69, 9.17) is 0 Å². The van der Waals surface area contributed by atoms with Crippen LogP contribution in [0.15, 0.2) is 0 Å². The van der Waals surface area contributed by atoms with Crippen LogP contribution < -0.4 is 5.32 Å². The average molecular weight is 211 g/mol. The molecule has 86 valence electrons. The summed E-state index contributed by atoms with van der Waals surface area (Å²) in [5, 5.41) is 3.14. The van der Waals surface area contributed by atoms with Gasteiger partial charge in [-0.3, -0.25) is 0 Å². The molecule has 0 aliphatic heterocycles. The Kier molecular flexibility index (Phi) is 6.97. The van der Waals surface area contributed by atoms with E-state index in [0.29, 0.717) is 0 Å². The molecule has 0 aromatic carbocycles. The van der Waals surface area contributed by atoms with Crippen molar-refractivity contribution in [2.45, 2.75) is 58.2 Å². The van der Waals surface area contributed by atoms with Crippen LogP contribution in [0.3, 0.4) is 0 Å². The molecule has 0 aromatic heterocycles. The summed E-state index contributed by atoms with van der Waals surface area (Å²) in [6, 6.07) is 0.0292. The highest BCUT2D eigenvalue weighted by atomic mass is 19.4. The van der Waals surface area contributed by atoms with E-state index in [1.807, 2.05) is 13.8 Å². The maximum atomic E-state index is 12.0. The van der Waals surface area contributed by atoms with Gasteiger partial charge in [-0.1, -0.05) is 20.3 Å². The minimum absolute atomic E-state index is 0.0292. The van der Waals surface area contributed by atoms with Gasteiger partial charge in [0.05, 0.1) is 0 Å². The highest BCUT2D eigenvalue weighted by Gasteiger charge is 2.27. The SMILES string of the molecule is CCCNC(CCC)CCC(F)(F)F. The Labute approximate surface area is 84.1 Å². The number of hydrogen-bond acceptors (Lipinski definition) is 1. The molecule has 0 aromatic rings. The van der Waals surface area contributed by atoms with Crippen LogP contribution in [0.1, 0.15) is 46.0 Å². The molecular formula is C10H20F3N. The Morgan fingerprint density at radius 3 is 2.14 bits per heavy atom. The number of rotatable bonds is 7. The van der Waals surface area contributed by atoms with Gasteiger partial charge in [0.1, 0.15) is 0 Å². The Bertz CT molecular complexity index is 134. The molecule has 0 spiro atoms. The smallest absolute Gasteiger partial charge is 0.314 e. The van der Waals surface area contributed by atoms with Gasteiger partial charge in [0.15, 0.2) is 0 Å². The van der Waals surface area contributed by atoms with Crippen LogP contribution in [0.5, 0.6) is 0 Å². The quantitative estimate of drug-likeness (QED) is 0.679. The normalized spacial score (nSPS) is 14.4. The Hall–Kier alpha value is -0.250. The third-order valence-corrected chi connectivity index (χ3v) is 2.10. The first-order valence-corrected chi connectivity index (χ1v) is 5.29. The highest BCUT2D eigenvalue weighted by Crippen LogP contribution is 2.23. The van der Waals surface area contributed by atoms with Crippen molar-refractivity contribution in [3.63, 3.8) is 0 Å². The lowest BCUT2D eigenvalue weighted by atomic mass is 10.1. The zero-order valence-electron chi connectivity index (χ0n) is 8.95. The molecule has 0 rings (SSSR count). The molecule has 0 radical (unpaired) electrons. The van der Waals surface area contributed by atoms with Crippen molar-refractivity contribution in [3.05, 3.63) is 0 Å². The molecule has 0 bridgehead atoms. The lowest BCUT2D eigenvalue weighted by Crippen LogP contribution is -2.31. The molecule has 14 heavy (non-hydrogen) atoms. The van der Waals surface area contributed by atoms with E-state index in [0.717, 1.165) is 25.8 Å². The first-order chi connectivity index (χ1) is 6.49. The zero-order valence-corrected chi connectivity index (χ0v) is 8.95. The lowest BCUT2D eigenvalue weighted by Gasteiger charge is -2.18. The van der Waals surface area contributed by atoms with Crippen molar-refractivity contribution in [2.24, 2.45) is 0 Å². The minimum atomic E-state index is -4.01. The molecule has 0 aliphatic rings. The van der Waals surface area contributed by atoms with Gasteiger partial charge in [-0.25, -0.2) is 0 Å². The van der Waals surface area contributed by atoms with Gasteiger partial charge < -0.3 is 5.32 Å². The monoisotopic (exact) mass is 211 g/mol. The maximum Gasteiger partial charge on any atom is 0.389 e. The Balaban J connectivity index is 3.72. The van der Waals surface area contributed by atoms with Crippen LogP contribution in [-0.2, 0) is 0 Å². The zero-order chi connectivity index (χ0) is 11.0. The molecule has 0 amide bonds. The second-order valence-corrected chi connectivity index (χ2v) is 3.59. The van der Waals surface area contributed by atoms with Gasteiger partial charge in [0, 0.05) is 12.5 Å². The van der Waals surface area contributed by atoms with Gasteiger partial charge >= 0.3 is 6.18 Å². The summed E-state index contributed by atoms with van der Waals surface area (Å²) in [4.78, 5) is 0. The minimum Gasteiger partial charge on any atom is -0.314 e. The molecule has 4 heteroatoms. The van der Waals surface area contributed by atoms with E-state index < -0.39 is 12.6 Å². The number of nitrogens with one attached hydrogen (secondary N) is 1. The summed E-state index contributed by atoms with van der Waals surface area (Å²) in [7, 11) is 0. The van der Waals surface area contributed by atoms with Crippen LogP contribution >= 0.6 is 0 Å². The summed E-state index contributed by atoms with van der Waals surface area (Å²) in [5.41, 5.74) is 0. The molecule has 1 nitrogen and oxygen atoms in total. The van der Waals surface area contributed by atoms with E-state index in [1.165, 1.54) is 0 Å². The van der Waals surface area contributed by atoms with E-state index in [-0.39, 0.29) is 12.5 Å². The number of alkyl halides is 3. The first-order valence-electron chi connectivity index (χ1n) is 5.29. The summed E-state index contributed by atoms with van der Waals surface area (Å²) in [6.07, 6.45) is -1.76. The third kappa shape index (κ3) is 8.35. The van der Waals surface area contributed by atoms with Crippen molar-refractivity contribution in [3.8, 4) is 0 Å². The number of halogens is 3. The summed E-state index contributed by atoms with van der Waals surface area (Å²) in [6.45, 7) is 4.82. The fourth-order valence-corrected chi connectivity index (χ4v) is 1.38. The average Bonchev–Trinajstić information content (AvgIpc) is 2.08. The fourth-order valence-electron chi connectivity index (χ4n) is 1.38.